The third kappa shape index (κ3) is 105. The van der Waals surface area contributed by atoms with E-state index in [2.05, 4.69) is 13.6 Å². The van der Waals surface area contributed by atoms with Crippen LogP contribution < -0.4 is 0 Å². The van der Waals surface area contributed by atoms with E-state index in [9.17, 15) is 0 Å². The predicted molar refractivity (Wildman–Crippen MR) is 141 cm³/mol. The SMILES string of the molecule is C.CCO.CCOP(O)O.CCOP(O)OCC.CCOP(OCC)OCC.O.O.O.OP(O)O. The zero-order valence-corrected chi connectivity index (χ0v) is 24.4. The molecule has 0 aromatic rings. The lowest BCUT2D eigenvalue weighted by atomic mass is 10.9. The summed E-state index contributed by atoms with van der Waals surface area (Å²) in [5, 5.41) is 7.57. The summed E-state index contributed by atoms with van der Waals surface area (Å²) in [6.45, 7) is 16.3. The minimum absolute atomic E-state index is 0. The smallest absolute Gasteiger partial charge is 0.332 e. The van der Waals surface area contributed by atoms with Gasteiger partial charge in [-0.1, -0.05) is 7.43 Å². The van der Waals surface area contributed by atoms with Crippen molar-refractivity contribution in [2.24, 2.45) is 0 Å². The van der Waals surface area contributed by atoms with E-state index in [1.54, 1.807) is 13.8 Å². The topological polar surface area (TPSA) is 291 Å². The van der Waals surface area contributed by atoms with Gasteiger partial charge in [0.15, 0.2) is 0 Å². The lowest BCUT2D eigenvalue weighted by Gasteiger charge is -2.12. The minimum atomic E-state index is -2.62. The lowest BCUT2D eigenvalue weighted by molar-refractivity contribution is 0.176. The molecule has 0 rings (SSSR count). The molecule has 0 aliphatic heterocycles. The van der Waals surface area contributed by atoms with E-state index >= 15 is 0 Å². The van der Waals surface area contributed by atoms with Crippen LogP contribution in [0.5, 0.6) is 0 Å². The van der Waals surface area contributed by atoms with Crippen LogP contribution in [0.1, 0.15) is 55.9 Å². The van der Waals surface area contributed by atoms with Gasteiger partial charge in [-0.25, -0.2) is 0 Å². The third-order valence-corrected chi connectivity index (χ3v) is 4.28. The minimum Gasteiger partial charge on any atom is -0.412 e. The maximum absolute atomic E-state index is 8.67. The van der Waals surface area contributed by atoms with Crippen molar-refractivity contribution >= 4 is 34.4 Å². The standard InChI is InChI=1S/C6H15O3P.C4H11O3P.C2H7O3P.C2H6O.CH4.H3O3P.3H2O/c1-4-7-10(8-5-2)9-6-3;1-3-6-8(5)7-4-2;1-2-5-6(3)4;1-2-3;;1-4(2)3;;;/h4-6H2,1-3H3;5H,3-4H2,1-2H3;3-4H,2H2,1H3;3H,2H2,1H3;1H4;1-3H;3*1H2. The maximum atomic E-state index is 8.67. The maximum Gasteiger partial charge on any atom is 0.332 e. The molecule has 0 aliphatic carbocycles. The van der Waals surface area contributed by atoms with Crippen LogP contribution in [0, 0.1) is 0 Å². The molecule has 0 saturated carbocycles. The summed E-state index contributed by atoms with van der Waals surface area (Å²) in [4.78, 5) is 46.3. The number of hydrogen-bond acceptors (Lipinski definition) is 13. The molecule has 0 aliphatic rings. The summed E-state index contributed by atoms with van der Waals surface area (Å²) in [6, 6.07) is 0. The molecular weight excluding hydrogens is 560 g/mol. The van der Waals surface area contributed by atoms with Gasteiger partial charge in [0, 0.05) is 6.61 Å². The van der Waals surface area contributed by atoms with Gasteiger partial charge in [-0.15, -0.1) is 0 Å². The first-order valence-corrected chi connectivity index (χ1v) is 13.9. The number of aliphatic hydroxyl groups is 1. The van der Waals surface area contributed by atoms with E-state index in [-0.39, 0.29) is 30.5 Å². The molecule has 0 aromatic heterocycles. The fourth-order valence-electron chi connectivity index (χ4n) is 0.802. The molecule has 13 N–H and O–H groups in total. The molecule has 0 saturated heterocycles. The second kappa shape index (κ2) is 59.9. The molecule has 0 aromatic carbocycles. The van der Waals surface area contributed by atoms with Gasteiger partial charge in [0.2, 0.25) is 0 Å². The first-order valence-electron chi connectivity index (χ1n) is 9.29. The molecule has 0 atom stereocenters. The fraction of sp³-hybridized carbons (Fsp3) is 1.00. The molecule has 0 bridgehead atoms. The van der Waals surface area contributed by atoms with Crippen molar-refractivity contribution in [3.8, 4) is 0 Å². The highest BCUT2D eigenvalue weighted by atomic mass is 31.2. The average molecular weight is 612 g/mol. The van der Waals surface area contributed by atoms with E-state index in [1.165, 1.54) is 0 Å². The van der Waals surface area contributed by atoms with Gasteiger partial charge in [0.25, 0.3) is 0 Å². The number of aliphatic hydroxyl groups excluding tert-OH is 1. The summed E-state index contributed by atoms with van der Waals surface area (Å²) >= 11 is 0. The average Bonchev–Trinajstić information content (AvgIpc) is 2.64. The van der Waals surface area contributed by atoms with Crippen LogP contribution >= 0.6 is 34.4 Å². The van der Waals surface area contributed by atoms with Crippen LogP contribution in [0.15, 0.2) is 0 Å². The van der Waals surface area contributed by atoms with Crippen molar-refractivity contribution < 1.29 is 78.0 Å². The Morgan fingerprint density at radius 3 is 0.800 bits per heavy atom. The van der Waals surface area contributed by atoms with Gasteiger partial charge < -0.3 is 78.0 Å². The van der Waals surface area contributed by atoms with E-state index in [4.69, 9.17) is 48.0 Å². The Balaban J connectivity index is -0.0000000353. The zero-order chi connectivity index (χ0) is 25.5. The first-order chi connectivity index (χ1) is 14.6. The van der Waals surface area contributed by atoms with E-state index in [0.29, 0.717) is 39.6 Å². The molecule has 0 spiro atoms. The summed E-state index contributed by atoms with van der Waals surface area (Å²) in [5.74, 6) is 0. The molecule has 228 valence electrons. The highest BCUT2D eigenvalue weighted by molar-refractivity contribution is 7.41. The molecular formula is C15H52O16P4. The van der Waals surface area contributed by atoms with Crippen molar-refractivity contribution in [3.63, 3.8) is 0 Å². The Morgan fingerprint density at radius 2 is 0.686 bits per heavy atom. The molecule has 0 radical (unpaired) electrons. The Kier molecular flexibility index (Phi) is 104. The Labute approximate surface area is 215 Å². The number of hydrogen-bond donors (Lipinski definition) is 7. The molecule has 0 unspecified atom stereocenters. The summed E-state index contributed by atoms with van der Waals surface area (Å²) in [6.07, 6.45) is 0. The molecule has 16 nitrogen and oxygen atoms in total. The number of rotatable bonds is 12. The van der Waals surface area contributed by atoms with Crippen LogP contribution in [0.4, 0.5) is 0 Å². The van der Waals surface area contributed by atoms with Crippen LogP contribution in [-0.2, 0) is 27.1 Å². The van der Waals surface area contributed by atoms with Crippen molar-refractivity contribution in [2.75, 3.05) is 46.2 Å². The largest absolute Gasteiger partial charge is 0.412 e. The van der Waals surface area contributed by atoms with Crippen molar-refractivity contribution in [1.29, 1.82) is 0 Å². The molecule has 0 fully saturated rings. The second-order valence-electron chi connectivity index (χ2n) is 3.81. The van der Waals surface area contributed by atoms with Crippen molar-refractivity contribution in [3.05, 3.63) is 0 Å². The van der Waals surface area contributed by atoms with E-state index in [1.807, 2.05) is 34.6 Å². The van der Waals surface area contributed by atoms with Crippen LogP contribution in [-0.4, -0.2) is 97.1 Å². The van der Waals surface area contributed by atoms with Gasteiger partial charge in [-0.05, 0) is 48.5 Å². The first kappa shape index (κ1) is 60.5. The van der Waals surface area contributed by atoms with Gasteiger partial charge in [-0.2, -0.15) is 0 Å². The van der Waals surface area contributed by atoms with E-state index < -0.39 is 34.4 Å². The van der Waals surface area contributed by atoms with Crippen LogP contribution in [0.25, 0.3) is 0 Å². The summed E-state index contributed by atoms with van der Waals surface area (Å²) < 4.78 is 29.0. The molecule has 20 heteroatoms. The Bertz CT molecular complexity index is 254. The lowest BCUT2D eigenvalue weighted by Crippen LogP contribution is -1.94. The fourth-order valence-corrected chi connectivity index (χ4v) is 2.40. The van der Waals surface area contributed by atoms with Crippen LogP contribution in [0.3, 0.4) is 0 Å². The highest BCUT2D eigenvalue weighted by Gasteiger charge is 2.07. The van der Waals surface area contributed by atoms with Gasteiger partial charge in [0.1, 0.15) is 0 Å². The van der Waals surface area contributed by atoms with Gasteiger partial charge in [-0.3, -0.25) is 0 Å². The highest BCUT2D eigenvalue weighted by Crippen LogP contribution is 2.38. The molecule has 35 heavy (non-hydrogen) atoms. The molecule has 0 amide bonds. The van der Waals surface area contributed by atoms with Gasteiger partial charge >= 0.3 is 34.4 Å². The summed E-state index contributed by atoms with van der Waals surface area (Å²) in [5.41, 5.74) is 0. The zero-order valence-electron chi connectivity index (χ0n) is 20.8. The van der Waals surface area contributed by atoms with Crippen LogP contribution in [0.2, 0.25) is 0 Å². The summed E-state index contributed by atoms with van der Waals surface area (Å²) in [7, 11) is -7.36. The quantitative estimate of drug-likeness (QED) is 0.153. The van der Waals surface area contributed by atoms with E-state index in [0.717, 1.165) is 0 Å². The second-order valence-corrected chi connectivity index (χ2v) is 7.32. The normalized spacial score (nSPS) is 8.74. The monoisotopic (exact) mass is 612 g/mol. The third-order valence-electron chi connectivity index (χ3n) is 1.43. The van der Waals surface area contributed by atoms with Gasteiger partial charge in [0.05, 0.1) is 39.6 Å². The van der Waals surface area contributed by atoms with Crippen molar-refractivity contribution in [2.45, 2.75) is 55.9 Å². The Hall–Kier alpha value is 1.08. The molecule has 0 heterocycles. The van der Waals surface area contributed by atoms with Crippen molar-refractivity contribution in [1.82, 2.24) is 0 Å². The Morgan fingerprint density at radius 1 is 0.486 bits per heavy atom. The predicted octanol–water partition coefficient (Wildman–Crippen LogP) is 1.19.